The van der Waals surface area contributed by atoms with E-state index in [9.17, 15) is 9.59 Å². The summed E-state index contributed by atoms with van der Waals surface area (Å²) in [7, 11) is 4.62. The second-order valence-corrected chi connectivity index (χ2v) is 7.88. The number of methoxy groups -OCH3 is 3. The normalized spacial score (nSPS) is 13.4. The first-order valence-corrected chi connectivity index (χ1v) is 10.7. The van der Waals surface area contributed by atoms with Gasteiger partial charge in [-0.1, -0.05) is 30.3 Å². The van der Waals surface area contributed by atoms with Crippen LogP contribution in [0.25, 0.3) is 5.57 Å². The zero-order valence-corrected chi connectivity index (χ0v) is 19.8. The molecular formula is C27H26N2O5. The van der Waals surface area contributed by atoms with E-state index in [1.807, 2.05) is 44.2 Å². The number of carbonyl (C=O) groups is 2. The Bertz CT molecular complexity index is 1310. The molecule has 0 aromatic heterocycles. The van der Waals surface area contributed by atoms with Gasteiger partial charge in [0.15, 0.2) is 11.5 Å². The highest BCUT2D eigenvalue weighted by atomic mass is 16.5. The lowest BCUT2D eigenvalue weighted by Crippen LogP contribution is -2.33. The fraction of sp³-hybridized carbons (Fsp3) is 0.185. The summed E-state index contributed by atoms with van der Waals surface area (Å²) in [5, 5.41) is 3.19. The second-order valence-electron chi connectivity index (χ2n) is 7.88. The van der Waals surface area contributed by atoms with Crippen LogP contribution in [0, 0.1) is 13.8 Å². The van der Waals surface area contributed by atoms with Gasteiger partial charge in [-0.2, -0.15) is 0 Å². The average molecular weight is 459 g/mol. The number of carbonyl (C=O) groups excluding carboxylic acids is 2. The standard InChI is InChI=1S/C27H26N2O5/c1-16-10-12-21(32-3)19(14-16)28-25-24(18-11-13-22(33-4)23(15-18)34-5)26(30)29(27(25)31)20-9-7-6-8-17(20)2/h6-15,28H,1-5H3. The van der Waals surface area contributed by atoms with Crippen LogP contribution < -0.4 is 24.4 Å². The van der Waals surface area contributed by atoms with E-state index in [4.69, 9.17) is 14.2 Å². The number of amides is 2. The van der Waals surface area contributed by atoms with Gasteiger partial charge in [0.2, 0.25) is 0 Å². The van der Waals surface area contributed by atoms with Crippen molar-refractivity contribution in [3.63, 3.8) is 0 Å². The van der Waals surface area contributed by atoms with Gasteiger partial charge < -0.3 is 19.5 Å². The molecule has 4 rings (SSSR count). The maximum absolute atomic E-state index is 13.7. The highest BCUT2D eigenvalue weighted by molar-refractivity contribution is 6.46. The summed E-state index contributed by atoms with van der Waals surface area (Å²) in [4.78, 5) is 28.7. The molecule has 0 unspecified atom stereocenters. The molecule has 0 fully saturated rings. The van der Waals surface area contributed by atoms with Crippen LogP contribution in [-0.2, 0) is 9.59 Å². The van der Waals surface area contributed by atoms with Crippen LogP contribution in [0.1, 0.15) is 16.7 Å². The summed E-state index contributed by atoms with van der Waals surface area (Å²) in [5.41, 5.74) is 3.82. The quantitative estimate of drug-likeness (QED) is 0.516. The van der Waals surface area contributed by atoms with Crippen molar-refractivity contribution in [2.45, 2.75) is 13.8 Å². The van der Waals surface area contributed by atoms with Crippen LogP contribution in [0.15, 0.2) is 66.4 Å². The Morgan fingerprint density at radius 2 is 1.41 bits per heavy atom. The highest BCUT2D eigenvalue weighted by Crippen LogP contribution is 2.39. The lowest BCUT2D eigenvalue weighted by molar-refractivity contribution is -0.120. The first-order valence-electron chi connectivity index (χ1n) is 10.7. The molecule has 1 heterocycles. The van der Waals surface area contributed by atoms with Crippen LogP contribution in [-0.4, -0.2) is 33.1 Å². The largest absolute Gasteiger partial charge is 0.495 e. The van der Waals surface area contributed by atoms with Gasteiger partial charge in [-0.15, -0.1) is 0 Å². The van der Waals surface area contributed by atoms with Gasteiger partial charge in [0.25, 0.3) is 11.8 Å². The minimum Gasteiger partial charge on any atom is -0.495 e. The molecule has 0 saturated carbocycles. The van der Waals surface area contributed by atoms with Crippen molar-refractivity contribution < 1.29 is 23.8 Å². The molecule has 0 atom stereocenters. The van der Waals surface area contributed by atoms with Crippen molar-refractivity contribution in [2.24, 2.45) is 0 Å². The van der Waals surface area contributed by atoms with Crippen LogP contribution in [0.4, 0.5) is 11.4 Å². The van der Waals surface area contributed by atoms with Crippen molar-refractivity contribution in [2.75, 3.05) is 31.5 Å². The van der Waals surface area contributed by atoms with Gasteiger partial charge in [-0.25, -0.2) is 4.90 Å². The lowest BCUT2D eigenvalue weighted by atomic mass is 10.0. The smallest absolute Gasteiger partial charge is 0.282 e. The Kier molecular flexibility index (Phi) is 6.27. The SMILES string of the molecule is COc1ccc(C)cc1NC1=C(c2ccc(OC)c(OC)c2)C(=O)N(c2ccccc2C)C1=O. The fourth-order valence-electron chi connectivity index (χ4n) is 3.99. The third kappa shape index (κ3) is 3.96. The summed E-state index contributed by atoms with van der Waals surface area (Å²) < 4.78 is 16.3. The minimum absolute atomic E-state index is 0.157. The molecule has 3 aromatic carbocycles. The van der Waals surface area contributed by atoms with E-state index in [1.165, 1.54) is 19.1 Å². The Morgan fingerprint density at radius 1 is 0.735 bits per heavy atom. The Morgan fingerprint density at radius 3 is 2.09 bits per heavy atom. The molecule has 7 nitrogen and oxygen atoms in total. The number of hydrogen-bond donors (Lipinski definition) is 1. The van der Waals surface area contributed by atoms with Crippen molar-refractivity contribution in [1.29, 1.82) is 0 Å². The Labute approximate surface area is 198 Å². The third-order valence-electron chi connectivity index (χ3n) is 5.73. The van der Waals surface area contributed by atoms with E-state index in [1.54, 1.807) is 37.4 Å². The molecule has 1 aliphatic rings. The molecule has 174 valence electrons. The van der Waals surface area contributed by atoms with Crippen LogP contribution in [0.5, 0.6) is 17.2 Å². The number of nitrogens with one attached hydrogen (secondary N) is 1. The highest BCUT2D eigenvalue weighted by Gasteiger charge is 2.41. The van der Waals surface area contributed by atoms with E-state index < -0.39 is 11.8 Å². The predicted molar refractivity (Wildman–Crippen MR) is 131 cm³/mol. The predicted octanol–water partition coefficient (Wildman–Crippen LogP) is 4.73. The van der Waals surface area contributed by atoms with Gasteiger partial charge in [0.1, 0.15) is 11.4 Å². The van der Waals surface area contributed by atoms with Crippen molar-refractivity contribution in [1.82, 2.24) is 0 Å². The van der Waals surface area contributed by atoms with Gasteiger partial charge >= 0.3 is 0 Å². The number of anilines is 2. The second kappa shape index (κ2) is 9.31. The zero-order valence-electron chi connectivity index (χ0n) is 19.8. The maximum atomic E-state index is 13.7. The first-order chi connectivity index (χ1) is 16.4. The lowest BCUT2D eigenvalue weighted by Gasteiger charge is -2.18. The average Bonchev–Trinajstić information content (AvgIpc) is 3.08. The van der Waals surface area contributed by atoms with Gasteiger partial charge in [0.05, 0.1) is 38.3 Å². The molecule has 3 aromatic rings. The van der Waals surface area contributed by atoms with E-state index >= 15 is 0 Å². The third-order valence-corrected chi connectivity index (χ3v) is 5.73. The Balaban J connectivity index is 1.90. The monoisotopic (exact) mass is 458 g/mol. The summed E-state index contributed by atoms with van der Waals surface area (Å²) in [5.74, 6) is 0.649. The van der Waals surface area contributed by atoms with Gasteiger partial charge in [-0.3, -0.25) is 9.59 Å². The number of imide groups is 1. The number of ether oxygens (including phenoxy) is 3. The topological polar surface area (TPSA) is 77.1 Å². The zero-order chi connectivity index (χ0) is 24.4. The van der Waals surface area contributed by atoms with E-state index in [-0.39, 0.29) is 11.3 Å². The molecule has 0 saturated heterocycles. The number of benzene rings is 3. The van der Waals surface area contributed by atoms with Crippen molar-refractivity contribution >= 4 is 28.8 Å². The van der Waals surface area contributed by atoms with Crippen molar-refractivity contribution in [3.05, 3.63) is 83.1 Å². The molecule has 0 bridgehead atoms. The fourth-order valence-corrected chi connectivity index (χ4v) is 3.99. The maximum Gasteiger partial charge on any atom is 0.282 e. The molecule has 7 heteroatoms. The number of hydrogen-bond acceptors (Lipinski definition) is 6. The van der Waals surface area contributed by atoms with Crippen LogP contribution in [0.3, 0.4) is 0 Å². The number of aryl methyl sites for hydroxylation is 2. The summed E-state index contributed by atoms with van der Waals surface area (Å²) in [6.07, 6.45) is 0. The van der Waals surface area contributed by atoms with E-state index in [2.05, 4.69) is 5.32 Å². The number of rotatable bonds is 7. The van der Waals surface area contributed by atoms with Crippen molar-refractivity contribution in [3.8, 4) is 17.2 Å². The molecule has 0 spiro atoms. The minimum atomic E-state index is -0.451. The van der Waals surface area contributed by atoms with Gasteiger partial charge in [0, 0.05) is 0 Å². The molecule has 2 amide bonds. The van der Waals surface area contributed by atoms with Crippen LogP contribution >= 0.6 is 0 Å². The number of para-hydroxylation sites is 1. The molecule has 34 heavy (non-hydrogen) atoms. The summed E-state index contributed by atoms with van der Waals surface area (Å²) in [6.45, 7) is 3.80. The summed E-state index contributed by atoms with van der Waals surface area (Å²) >= 11 is 0. The number of nitrogens with zero attached hydrogens (tertiary/aromatic N) is 1. The molecule has 1 aliphatic heterocycles. The van der Waals surface area contributed by atoms with Crippen LogP contribution in [0.2, 0.25) is 0 Å². The summed E-state index contributed by atoms with van der Waals surface area (Å²) in [6, 6.07) is 18.0. The molecule has 0 radical (unpaired) electrons. The molecular weight excluding hydrogens is 432 g/mol. The van der Waals surface area contributed by atoms with E-state index in [0.717, 1.165) is 11.1 Å². The molecule has 1 N–H and O–H groups in total. The van der Waals surface area contributed by atoms with Gasteiger partial charge in [-0.05, 0) is 60.9 Å². The molecule has 0 aliphatic carbocycles. The van der Waals surface area contributed by atoms with E-state index in [0.29, 0.717) is 34.2 Å². The first kappa shape index (κ1) is 22.9. The Hall–Kier alpha value is -4.26.